The molecule has 0 radical (unpaired) electrons. The van der Waals surface area contributed by atoms with E-state index in [0.29, 0.717) is 0 Å². The predicted octanol–water partition coefficient (Wildman–Crippen LogP) is 3.82. The van der Waals surface area contributed by atoms with Crippen molar-refractivity contribution < 1.29 is 9.90 Å². The zero-order valence-corrected chi connectivity index (χ0v) is 14.2. The van der Waals surface area contributed by atoms with Crippen molar-refractivity contribution in [2.24, 2.45) is 0 Å². The summed E-state index contributed by atoms with van der Waals surface area (Å²) < 4.78 is 0. The second kappa shape index (κ2) is 8.01. The molecular weight excluding hydrogens is 391 g/mol. The Morgan fingerprint density at radius 1 is 1.13 bits per heavy atom. The van der Waals surface area contributed by atoms with Crippen molar-refractivity contribution >= 4 is 61.0 Å². The molecule has 88 valence electrons. The van der Waals surface area contributed by atoms with Crippen LogP contribution in [-0.4, -0.2) is 30.5 Å². The summed E-state index contributed by atoms with van der Waals surface area (Å²) in [5.41, 5.74) is 0.215. The van der Waals surface area contributed by atoms with Gasteiger partial charge in [-0.15, -0.1) is 0 Å². The monoisotopic (exact) mass is 401 g/mol. The summed E-state index contributed by atoms with van der Waals surface area (Å²) in [6.45, 7) is 4.19. The van der Waals surface area contributed by atoms with Crippen LogP contribution in [0.25, 0.3) is 0 Å². The van der Waals surface area contributed by atoms with Gasteiger partial charge in [0.2, 0.25) is 0 Å². The molecule has 0 aliphatic rings. The predicted molar refractivity (Wildman–Crippen MR) is 68.6 cm³/mol. The van der Waals surface area contributed by atoms with Gasteiger partial charge in [0.05, 0.1) is 5.57 Å². The van der Waals surface area contributed by atoms with E-state index in [1.54, 1.807) is 0 Å². The molecule has 0 fully saturated rings. The molecule has 8 heteroatoms. The summed E-state index contributed by atoms with van der Waals surface area (Å²) >= 11 is -3.29. The maximum absolute atomic E-state index is 10.7. The Bertz CT molecular complexity index is 259. The summed E-state index contributed by atoms with van der Waals surface area (Å²) in [5.74, 6) is -0.354. The van der Waals surface area contributed by atoms with E-state index in [1.165, 1.54) is 20.8 Å². The number of halogens is 4. The molecule has 2 N–H and O–H groups in total. The number of carbonyl (C=O) groups excluding carboxylic acids is 1. The molecular formula is C7H11Cl4NO2Sn. The van der Waals surface area contributed by atoms with Crippen LogP contribution in [0.15, 0.2) is 11.3 Å². The van der Waals surface area contributed by atoms with Crippen LogP contribution in [-0.2, 0) is 4.79 Å². The number of carbonyl (C=O) groups is 1. The molecule has 0 aromatic rings. The fourth-order valence-corrected chi connectivity index (χ4v) is 0.790. The number of nitrogens with one attached hydrogen (secondary N) is 1. The van der Waals surface area contributed by atoms with Crippen LogP contribution in [0.4, 0.5) is 0 Å². The average Bonchev–Trinajstić information content (AvgIpc) is 1.77. The molecule has 0 spiro atoms. The first-order valence-electron chi connectivity index (χ1n) is 3.68. The first-order chi connectivity index (χ1) is 6.46. The Balaban J connectivity index is 0. The third kappa shape index (κ3) is 14.8. The molecule has 0 aromatic heterocycles. The quantitative estimate of drug-likeness (QED) is 0.320. The van der Waals surface area contributed by atoms with E-state index in [9.17, 15) is 4.79 Å². The zero-order chi connectivity index (χ0) is 12.8. The van der Waals surface area contributed by atoms with Crippen molar-refractivity contribution in [1.29, 1.82) is 5.41 Å². The van der Waals surface area contributed by atoms with Gasteiger partial charge in [0.15, 0.2) is 5.78 Å². The summed E-state index contributed by atoms with van der Waals surface area (Å²) in [6.07, 6.45) is 0. The van der Waals surface area contributed by atoms with E-state index >= 15 is 0 Å². The van der Waals surface area contributed by atoms with Crippen LogP contribution < -0.4 is 0 Å². The van der Waals surface area contributed by atoms with Gasteiger partial charge in [-0.25, -0.2) is 0 Å². The molecule has 0 aliphatic heterocycles. The molecule has 3 nitrogen and oxygen atoms in total. The first kappa shape index (κ1) is 18.2. The number of Topliss-reactive ketones (excluding diaryl/α,β-unsaturated/α-hetero) is 1. The molecule has 0 amide bonds. The van der Waals surface area contributed by atoms with Crippen molar-refractivity contribution in [3.8, 4) is 0 Å². The summed E-state index contributed by atoms with van der Waals surface area (Å²) in [7, 11) is 20.1. The topological polar surface area (TPSA) is 61.2 Å². The average molecular weight is 402 g/mol. The Morgan fingerprint density at radius 2 is 1.40 bits per heavy atom. The molecule has 15 heavy (non-hydrogen) atoms. The van der Waals surface area contributed by atoms with Gasteiger partial charge in [-0.2, -0.15) is 0 Å². The zero-order valence-electron chi connectivity index (χ0n) is 8.37. The fourth-order valence-electron chi connectivity index (χ4n) is 0.790. The van der Waals surface area contributed by atoms with Gasteiger partial charge in [0.1, 0.15) is 5.76 Å². The van der Waals surface area contributed by atoms with Crippen LogP contribution in [0.5, 0.6) is 0 Å². The first-order valence-corrected chi connectivity index (χ1v) is 18.1. The molecule has 0 atom stereocenters. The number of hydrogen-bond donors (Lipinski definition) is 2. The van der Waals surface area contributed by atoms with Crippen molar-refractivity contribution in [3.05, 3.63) is 11.3 Å². The van der Waals surface area contributed by atoms with Gasteiger partial charge < -0.3 is 10.5 Å². The van der Waals surface area contributed by atoms with Crippen molar-refractivity contribution in [3.63, 3.8) is 0 Å². The Morgan fingerprint density at radius 3 is 1.40 bits per heavy atom. The number of allylic oxidation sites excluding steroid dienone is 2. The Labute approximate surface area is 108 Å². The van der Waals surface area contributed by atoms with Gasteiger partial charge in [-0.1, -0.05) is 0 Å². The van der Waals surface area contributed by atoms with Gasteiger partial charge in [-0.05, 0) is 20.8 Å². The van der Waals surface area contributed by atoms with E-state index in [2.05, 4.69) is 0 Å². The fraction of sp³-hybridized carbons (Fsp3) is 0.429. The number of aliphatic hydroxyl groups is 1. The molecule has 0 saturated carbocycles. The van der Waals surface area contributed by atoms with E-state index in [-0.39, 0.29) is 22.8 Å². The molecule has 0 aliphatic carbocycles. The minimum atomic E-state index is -3.29. The molecule has 0 rings (SSSR count). The van der Waals surface area contributed by atoms with Crippen molar-refractivity contribution in [1.82, 2.24) is 0 Å². The summed E-state index contributed by atoms with van der Waals surface area (Å²) in [6, 6.07) is 0. The number of rotatable bonds is 2. The summed E-state index contributed by atoms with van der Waals surface area (Å²) in [4.78, 5) is 10.7. The molecule has 0 bridgehead atoms. The Hall–Kier alpha value is 0.839. The number of ketones is 1. The van der Waals surface area contributed by atoms with Crippen LogP contribution in [0.1, 0.15) is 20.8 Å². The van der Waals surface area contributed by atoms with Gasteiger partial charge >= 0.3 is 49.6 Å². The van der Waals surface area contributed by atoms with E-state index < -0.39 is 13.9 Å². The second-order valence-electron chi connectivity index (χ2n) is 2.57. The molecule has 0 heterocycles. The normalized spacial score (nSPS) is 12.2. The third-order valence-corrected chi connectivity index (χ3v) is 1.09. The van der Waals surface area contributed by atoms with Crippen molar-refractivity contribution in [2.45, 2.75) is 20.8 Å². The number of hydrogen-bond acceptors (Lipinski definition) is 3. The summed E-state index contributed by atoms with van der Waals surface area (Å²) in [5, 5.41) is 15.9. The van der Waals surface area contributed by atoms with E-state index in [4.69, 9.17) is 46.2 Å². The standard InChI is InChI=1S/C7H11NO2.4ClH.Sn/c1-4(8)7(5(2)9)6(3)10;;;;;/h8-9H,1-3H3;4*1H;/q;;;;;+4/p-4. The van der Waals surface area contributed by atoms with Crippen molar-refractivity contribution in [2.75, 3.05) is 0 Å². The van der Waals surface area contributed by atoms with E-state index in [0.717, 1.165) is 0 Å². The van der Waals surface area contributed by atoms with Crippen LogP contribution in [0.3, 0.4) is 0 Å². The molecule has 0 saturated heterocycles. The molecule has 0 aromatic carbocycles. The molecule has 0 unspecified atom stereocenters. The minimum absolute atomic E-state index is 0.0833. The van der Waals surface area contributed by atoms with Crippen LogP contribution in [0, 0.1) is 5.41 Å². The van der Waals surface area contributed by atoms with E-state index in [1.807, 2.05) is 0 Å². The second-order valence-corrected chi connectivity index (χ2v) is 28.0. The number of aliphatic hydroxyl groups excluding tert-OH is 1. The maximum atomic E-state index is 10.7. The van der Waals surface area contributed by atoms with Gasteiger partial charge in [-0.3, -0.25) is 4.79 Å². The van der Waals surface area contributed by atoms with Gasteiger partial charge in [0, 0.05) is 5.71 Å². The SMILES string of the molecule is CC(=N)C(C(C)=O)=C(C)O.[Cl][Sn]([Cl])([Cl])[Cl]. The Kier molecular flexibility index (Phi) is 9.72. The van der Waals surface area contributed by atoms with Crippen LogP contribution >= 0.6 is 35.7 Å². The van der Waals surface area contributed by atoms with Gasteiger partial charge in [0.25, 0.3) is 0 Å². The third-order valence-electron chi connectivity index (χ3n) is 1.09. The van der Waals surface area contributed by atoms with Crippen LogP contribution in [0.2, 0.25) is 0 Å².